The van der Waals surface area contributed by atoms with Crippen LogP contribution in [-0.2, 0) is 18.0 Å². The molecule has 0 spiro atoms. The van der Waals surface area contributed by atoms with Gasteiger partial charge < -0.3 is 9.72 Å². The number of rotatable bonds is 0. The Bertz CT molecular complexity index is 653. The smallest absolute Gasteiger partial charge is 0.259 e. The molecule has 1 N–H and O–H groups in total. The Balaban J connectivity index is 2.61. The van der Waals surface area contributed by atoms with Crippen molar-refractivity contribution in [2.24, 2.45) is 0 Å². The maximum atomic E-state index is 13.9. The second kappa shape index (κ2) is 3.36. The van der Waals surface area contributed by atoms with Crippen molar-refractivity contribution < 1.29 is 9.13 Å². The molecule has 1 aliphatic rings. The third-order valence-corrected chi connectivity index (χ3v) is 3.50. The van der Waals surface area contributed by atoms with Gasteiger partial charge in [0, 0.05) is 5.56 Å². The fraction of sp³-hybridized carbons (Fsp3) is 0.200. The van der Waals surface area contributed by atoms with E-state index in [0.717, 1.165) is 5.56 Å². The van der Waals surface area contributed by atoms with Crippen LogP contribution in [0.25, 0.3) is 10.9 Å². The van der Waals surface area contributed by atoms with Gasteiger partial charge in [-0.05, 0) is 21.5 Å². The van der Waals surface area contributed by atoms with Crippen LogP contribution in [-0.4, -0.2) is 9.97 Å². The molecule has 3 rings (SSSR count). The van der Waals surface area contributed by atoms with Gasteiger partial charge in [0.05, 0.1) is 29.4 Å². The lowest BCUT2D eigenvalue weighted by molar-refractivity contribution is 0.134. The van der Waals surface area contributed by atoms with Crippen LogP contribution in [0.4, 0.5) is 4.39 Å². The highest BCUT2D eigenvalue weighted by Gasteiger charge is 2.24. The molecular weight excluding hydrogens is 279 g/mol. The van der Waals surface area contributed by atoms with E-state index in [-0.39, 0.29) is 16.5 Å². The maximum absolute atomic E-state index is 13.9. The van der Waals surface area contributed by atoms with Gasteiger partial charge in [0.1, 0.15) is 5.52 Å². The number of hydrogen-bond acceptors (Lipinski definition) is 3. The van der Waals surface area contributed by atoms with E-state index in [9.17, 15) is 9.18 Å². The van der Waals surface area contributed by atoms with Crippen molar-refractivity contribution in [3.63, 3.8) is 0 Å². The molecule has 0 fully saturated rings. The molecule has 2 aromatic rings. The number of benzene rings is 1. The molecule has 16 heavy (non-hydrogen) atoms. The Morgan fingerprint density at radius 1 is 1.44 bits per heavy atom. The third-order valence-electron chi connectivity index (χ3n) is 2.68. The number of halogens is 2. The molecule has 0 saturated heterocycles. The van der Waals surface area contributed by atoms with Crippen molar-refractivity contribution in [2.45, 2.75) is 13.2 Å². The first-order valence-corrected chi connectivity index (χ1v) is 5.43. The predicted molar refractivity (Wildman–Crippen MR) is 58.5 cm³/mol. The van der Waals surface area contributed by atoms with Crippen molar-refractivity contribution in [1.82, 2.24) is 9.97 Å². The molecule has 0 amide bonds. The molecule has 2 heterocycles. The summed E-state index contributed by atoms with van der Waals surface area (Å²) in [5.41, 5.74) is 1.17. The Morgan fingerprint density at radius 3 is 3.00 bits per heavy atom. The Labute approximate surface area is 97.6 Å². The van der Waals surface area contributed by atoms with Crippen molar-refractivity contribution >= 4 is 26.8 Å². The minimum atomic E-state index is -0.509. The molecule has 1 aliphatic heterocycles. The van der Waals surface area contributed by atoms with Crippen LogP contribution in [0.2, 0.25) is 0 Å². The van der Waals surface area contributed by atoms with Crippen LogP contribution in [0.15, 0.2) is 15.6 Å². The fourth-order valence-electron chi connectivity index (χ4n) is 1.93. The van der Waals surface area contributed by atoms with E-state index in [1.807, 2.05) is 0 Å². The fourth-order valence-corrected chi connectivity index (χ4v) is 2.47. The summed E-state index contributed by atoms with van der Waals surface area (Å²) >= 11 is 3.17. The summed E-state index contributed by atoms with van der Waals surface area (Å²) in [7, 11) is 0. The predicted octanol–water partition coefficient (Wildman–Crippen LogP) is 1.85. The number of fused-ring (bicyclic) bond motifs is 3. The molecule has 0 bridgehead atoms. The van der Waals surface area contributed by atoms with Gasteiger partial charge in [0.25, 0.3) is 5.56 Å². The zero-order valence-electron chi connectivity index (χ0n) is 8.01. The van der Waals surface area contributed by atoms with Gasteiger partial charge in [0.15, 0.2) is 5.82 Å². The summed E-state index contributed by atoms with van der Waals surface area (Å²) in [6, 6.07) is 0. The highest BCUT2D eigenvalue weighted by molar-refractivity contribution is 9.10. The first kappa shape index (κ1) is 9.92. The summed E-state index contributed by atoms with van der Waals surface area (Å²) in [6.45, 7) is 0.636. The van der Waals surface area contributed by atoms with Crippen molar-refractivity contribution in [3.8, 4) is 0 Å². The summed E-state index contributed by atoms with van der Waals surface area (Å²) in [4.78, 5) is 18.0. The quantitative estimate of drug-likeness (QED) is 0.803. The number of hydrogen-bond donors (Lipinski definition) is 1. The van der Waals surface area contributed by atoms with E-state index in [1.165, 1.54) is 6.33 Å². The molecule has 0 aliphatic carbocycles. The summed E-state index contributed by atoms with van der Waals surface area (Å²) < 4.78 is 19.5. The molecule has 1 aromatic heterocycles. The highest BCUT2D eigenvalue weighted by Crippen LogP contribution is 2.34. The molecule has 6 heteroatoms. The van der Waals surface area contributed by atoms with Crippen molar-refractivity contribution in [3.05, 3.63) is 38.1 Å². The van der Waals surface area contributed by atoms with Crippen molar-refractivity contribution in [2.75, 3.05) is 0 Å². The van der Waals surface area contributed by atoms with E-state index >= 15 is 0 Å². The molecule has 4 nitrogen and oxygen atoms in total. The van der Waals surface area contributed by atoms with E-state index in [1.54, 1.807) is 0 Å². The first-order chi connectivity index (χ1) is 7.70. The van der Waals surface area contributed by atoms with E-state index < -0.39 is 5.82 Å². The number of nitrogens with zero attached hydrogens (tertiary/aromatic N) is 1. The number of aromatic nitrogens is 2. The topological polar surface area (TPSA) is 55.0 Å². The Hall–Kier alpha value is -1.27. The van der Waals surface area contributed by atoms with Crippen LogP contribution in [0.5, 0.6) is 0 Å². The molecule has 0 radical (unpaired) electrons. The largest absolute Gasteiger partial charge is 0.372 e. The monoisotopic (exact) mass is 284 g/mol. The van der Waals surface area contributed by atoms with Gasteiger partial charge in [-0.25, -0.2) is 9.37 Å². The second-order valence-corrected chi connectivity index (χ2v) is 4.33. The highest BCUT2D eigenvalue weighted by atomic mass is 79.9. The van der Waals surface area contributed by atoms with Gasteiger partial charge in [-0.1, -0.05) is 0 Å². The zero-order chi connectivity index (χ0) is 11.3. The summed E-state index contributed by atoms with van der Waals surface area (Å²) in [6.07, 6.45) is 1.20. The van der Waals surface area contributed by atoms with Crippen LogP contribution in [0, 0.1) is 5.82 Å². The number of H-pyrrole nitrogens is 1. The molecule has 0 atom stereocenters. The Morgan fingerprint density at radius 2 is 2.19 bits per heavy atom. The lowest BCUT2D eigenvalue weighted by Crippen LogP contribution is -2.10. The van der Waals surface area contributed by atoms with Gasteiger partial charge >= 0.3 is 0 Å². The van der Waals surface area contributed by atoms with E-state index in [0.29, 0.717) is 23.2 Å². The van der Waals surface area contributed by atoms with Crippen LogP contribution in [0.1, 0.15) is 11.1 Å². The van der Waals surface area contributed by atoms with Gasteiger partial charge in [0.2, 0.25) is 0 Å². The average Bonchev–Trinajstić information content (AvgIpc) is 2.74. The van der Waals surface area contributed by atoms with Gasteiger partial charge in [-0.2, -0.15) is 0 Å². The SMILES string of the molecule is O=c1[nH]cnc2c(F)c(Br)c3c(c12)COC3. The number of aromatic amines is 1. The Kier molecular flexibility index (Phi) is 2.08. The normalized spacial score (nSPS) is 14.4. The molecule has 0 saturated carbocycles. The second-order valence-electron chi connectivity index (χ2n) is 3.53. The minimum absolute atomic E-state index is 0.0832. The number of nitrogens with one attached hydrogen (secondary N) is 1. The van der Waals surface area contributed by atoms with E-state index in [2.05, 4.69) is 25.9 Å². The van der Waals surface area contributed by atoms with Crippen LogP contribution in [0.3, 0.4) is 0 Å². The van der Waals surface area contributed by atoms with Gasteiger partial charge in [-0.3, -0.25) is 4.79 Å². The number of ether oxygens (including phenoxy) is 1. The zero-order valence-corrected chi connectivity index (χ0v) is 9.60. The van der Waals surface area contributed by atoms with Crippen molar-refractivity contribution in [1.29, 1.82) is 0 Å². The molecular formula is C10H6BrFN2O2. The summed E-state index contributed by atoms with van der Waals surface area (Å²) in [5.74, 6) is -0.509. The van der Waals surface area contributed by atoms with E-state index in [4.69, 9.17) is 4.74 Å². The van der Waals surface area contributed by atoms with Crippen LogP contribution < -0.4 is 5.56 Å². The lowest BCUT2D eigenvalue weighted by atomic mass is 10.0. The molecule has 82 valence electrons. The molecule has 1 aromatic carbocycles. The standard InChI is InChI=1S/C10H6BrFN2O2/c11-7-5-2-16-1-4(5)6-9(8(7)12)13-3-14-10(6)15/h3H,1-2H2,(H,13,14,15). The molecule has 0 unspecified atom stereocenters. The lowest BCUT2D eigenvalue weighted by Gasteiger charge is -2.06. The van der Waals surface area contributed by atoms with Gasteiger partial charge in [-0.15, -0.1) is 0 Å². The first-order valence-electron chi connectivity index (χ1n) is 4.64. The maximum Gasteiger partial charge on any atom is 0.259 e. The van der Waals surface area contributed by atoms with Crippen LogP contribution >= 0.6 is 15.9 Å². The minimum Gasteiger partial charge on any atom is -0.372 e. The summed E-state index contributed by atoms with van der Waals surface area (Å²) in [5, 5.41) is 0.288. The third kappa shape index (κ3) is 1.17. The average molecular weight is 285 g/mol.